The summed E-state index contributed by atoms with van der Waals surface area (Å²) in [4.78, 5) is 13.6. The summed E-state index contributed by atoms with van der Waals surface area (Å²) in [6, 6.07) is 5.20. The molecular weight excluding hydrogens is 252 g/mol. The average molecular weight is 276 g/mol. The minimum Gasteiger partial charge on any atom is -0.478 e. The number of rotatable bonds is 4. The second-order valence-electron chi connectivity index (χ2n) is 5.65. The number of aromatic carboxylic acids is 1. The van der Waals surface area contributed by atoms with Gasteiger partial charge in [-0.25, -0.2) is 4.79 Å². The Morgan fingerprint density at radius 3 is 2.90 bits per heavy atom. The van der Waals surface area contributed by atoms with Crippen molar-refractivity contribution in [3.63, 3.8) is 0 Å². The molecular formula is C16H24N2O2. The third-order valence-electron chi connectivity index (χ3n) is 4.14. The number of hydrogen-bond acceptors (Lipinski definition) is 3. The molecule has 1 aromatic carbocycles. The van der Waals surface area contributed by atoms with Gasteiger partial charge in [-0.3, -0.25) is 0 Å². The summed E-state index contributed by atoms with van der Waals surface area (Å²) >= 11 is 0. The van der Waals surface area contributed by atoms with Gasteiger partial charge in [-0.1, -0.05) is 19.8 Å². The zero-order chi connectivity index (χ0) is 14.5. The standard InChI is InChI=1S/C16H24N2O2/c1-2-4-12-5-3-9-18(10-8-12)15-7-6-13(17)11-14(15)16(19)20/h6-7,11-12H,2-5,8-10,17H2,1H3,(H,19,20). The van der Waals surface area contributed by atoms with Crippen molar-refractivity contribution in [1.82, 2.24) is 0 Å². The number of nitrogen functional groups attached to an aromatic ring is 1. The van der Waals surface area contributed by atoms with Crippen LogP contribution in [0.15, 0.2) is 18.2 Å². The van der Waals surface area contributed by atoms with Crippen molar-refractivity contribution >= 4 is 17.3 Å². The number of carboxylic acids is 1. The fourth-order valence-electron chi connectivity index (χ4n) is 3.10. The zero-order valence-electron chi connectivity index (χ0n) is 12.1. The Labute approximate surface area is 120 Å². The minimum atomic E-state index is -0.901. The lowest BCUT2D eigenvalue weighted by atomic mass is 9.96. The van der Waals surface area contributed by atoms with Gasteiger partial charge in [0.15, 0.2) is 0 Å². The van der Waals surface area contributed by atoms with Crippen LogP contribution in [0, 0.1) is 5.92 Å². The van der Waals surface area contributed by atoms with Gasteiger partial charge in [0.05, 0.1) is 11.3 Å². The number of nitrogens with two attached hydrogens (primary N) is 1. The Hall–Kier alpha value is -1.71. The van der Waals surface area contributed by atoms with Gasteiger partial charge >= 0.3 is 5.97 Å². The van der Waals surface area contributed by atoms with Crippen LogP contribution in [0.1, 0.15) is 49.4 Å². The van der Waals surface area contributed by atoms with E-state index in [4.69, 9.17) is 5.73 Å². The number of nitrogens with zero attached hydrogens (tertiary/aromatic N) is 1. The van der Waals surface area contributed by atoms with Crippen LogP contribution >= 0.6 is 0 Å². The quantitative estimate of drug-likeness (QED) is 0.827. The van der Waals surface area contributed by atoms with Crippen LogP contribution in [0.2, 0.25) is 0 Å². The number of carbonyl (C=O) groups is 1. The van der Waals surface area contributed by atoms with Crippen molar-refractivity contribution in [2.24, 2.45) is 5.92 Å². The fraction of sp³-hybridized carbons (Fsp3) is 0.562. The first-order valence-electron chi connectivity index (χ1n) is 7.49. The average Bonchev–Trinajstić information content (AvgIpc) is 2.65. The molecule has 0 aliphatic carbocycles. The van der Waals surface area contributed by atoms with Gasteiger partial charge in [-0.15, -0.1) is 0 Å². The zero-order valence-corrected chi connectivity index (χ0v) is 12.1. The highest BCUT2D eigenvalue weighted by molar-refractivity contribution is 5.95. The maximum absolute atomic E-state index is 11.4. The first-order chi connectivity index (χ1) is 9.61. The Morgan fingerprint density at radius 2 is 2.20 bits per heavy atom. The number of hydrogen-bond donors (Lipinski definition) is 2. The fourth-order valence-corrected chi connectivity index (χ4v) is 3.10. The predicted octanol–water partition coefficient (Wildman–Crippen LogP) is 3.37. The Bertz CT molecular complexity index is 474. The molecule has 1 unspecified atom stereocenters. The lowest BCUT2D eigenvalue weighted by molar-refractivity contribution is 0.0697. The summed E-state index contributed by atoms with van der Waals surface area (Å²) in [5.41, 5.74) is 7.34. The van der Waals surface area contributed by atoms with Crippen molar-refractivity contribution in [2.75, 3.05) is 23.7 Å². The molecule has 4 nitrogen and oxygen atoms in total. The number of carboxylic acid groups (broad SMARTS) is 1. The van der Waals surface area contributed by atoms with E-state index in [1.807, 2.05) is 6.07 Å². The van der Waals surface area contributed by atoms with Crippen molar-refractivity contribution < 1.29 is 9.90 Å². The van der Waals surface area contributed by atoms with E-state index >= 15 is 0 Å². The van der Waals surface area contributed by atoms with E-state index in [0.717, 1.165) is 37.5 Å². The molecule has 0 saturated carbocycles. The third kappa shape index (κ3) is 3.44. The Kier molecular flexibility index (Phi) is 4.88. The molecule has 3 N–H and O–H groups in total. The van der Waals surface area contributed by atoms with Crippen molar-refractivity contribution in [3.8, 4) is 0 Å². The highest BCUT2D eigenvalue weighted by atomic mass is 16.4. The molecule has 110 valence electrons. The van der Waals surface area contributed by atoms with Gasteiger partial charge in [0.25, 0.3) is 0 Å². The van der Waals surface area contributed by atoms with Crippen LogP contribution < -0.4 is 10.6 Å². The predicted molar refractivity (Wildman–Crippen MR) is 82.3 cm³/mol. The molecule has 0 bridgehead atoms. The number of anilines is 2. The van der Waals surface area contributed by atoms with Gasteiger partial charge in [0, 0.05) is 18.8 Å². The first-order valence-corrected chi connectivity index (χ1v) is 7.49. The Morgan fingerprint density at radius 1 is 1.40 bits per heavy atom. The molecule has 1 fully saturated rings. The van der Waals surface area contributed by atoms with Gasteiger partial charge in [0.1, 0.15) is 0 Å². The van der Waals surface area contributed by atoms with E-state index in [0.29, 0.717) is 11.3 Å². The van der Waals surface area contributed by atoms with E-state index < -0.39 is 5.97 Å². The smallest absolute Gasteiger partial charge is 0.337 e. The molecule has 1 saturated heterocycles. The van der Waals surface area contributed by atoms with Gasteiger partial charge in [0.2, 0.25) is 0 Å². The highest BCUT2D eigenvalue weighted by Crippen LogP contribution is 2.28. The summed E-state index contributed by atoms with van der Waals surface area (Å²) in [6.07, 6.45) is 6.04. The van der Waals surface area contributed by atoms with Crippen LogP contribution in [-0.4, -0.2) is 24.2 Å². The molecule has 0 radical (unpaired) electrons. The molecule has 0 spiro atoms. The molecule has 0 aromatic heterocycles. The topological polar surface area (TPSA) is 66.6 Å². The second kappa shape index (κ2) is 6.64. The maximum Gasteiger partial charge on any atom is 0.337 e. The molecule has 1 heterocycles. The van der Waals surface area contributed by atoms with Gasteiger partial charge < -0.3 is 15.7 Å². The minimum absolute atomic E-state index is 0.318. The lowest BCUT2D eigenvalue weighted by Gasteiger charge is -2.24. The molecule has 1 aromatic rings. The van der Waals surface area contributed by atoms with Crippen LogP contribution in [0.3, 0.4) is 0 Å². The molecule has 4 heteroatoms. The van der Waals surface area contributed by atoms with Crippen LogP contribution in [0.5, 0.6) is 0 Å². The summed E-state index contributed by atoms with van der Waals surface area (Å²) in [5.74, 6) is -0.117. The van der Waals surface area contributed by atoms with Crippen molar-refractivity contribution in [1.29, 1.82) is 0 Å². The number of benzene rings is 1. The summed E-state index contributed by atoms with van der Waals surface area (Å²) in [6.45, 7) is 4.10. The highest BCUT2D eigenvalue weighted by Gasteiger charge is 2.20. The molecule has 1 aliphatic heterocycles. The molecule has 0 amide bonds. The van der Waals surface area contributed by atoms with Crippen molar-refractivity contribution in [3.05, 3.63) is 23.8 Å². The molecule has 1 atom stereocenters. The van der Waals surface area contributed by atoms with Crippen LogP contribution in [-0.2, 0) is 0 Å². The largest absolute Gasteiger partial charge is 0.478 e. The normalized spacial score (nSPS) is 19.6. The summed E-state index contributed by atoms with van der Waals surface area (Å²) < 4.78 is 0. The van der Waals surface area contributed by atoms with E-state index in [1.54, 1.807) is 12.1 Å². The summed E-state index contributed by atoms with van der Waals surface area (Å²) in [7, 11) is 0. The second-order valence-corrected chi connectivity index (χ2v) is 5.65. The monoisotopic (exact) mass is 276 g/mol. The molecule has 2 rings (SSSR count). The van der Waals surface area contributed by atoms with Gasteiger partial charge in [-0.2, -0.15) is 0 Å². The molecule has 1 aliphatic rings. The van der Waals surface area contributed by atoms with E-state index in [1.165, 1.54) is 19.3 Å². The van der Waals surface area contributed by atoms with E-state index in [-0.39, 0.29) is 0 Å². The van der Waals surface area contributed by atoms with E-state index in [9.17, 15) is 9.90 Å². The van der Waals surface area contributed by atoms with Gasteiger partial charge in [-0.05, 0) is 43.4 Å². The van der Waals surface area contributed by atoms with Crippen molar-refractivity contribution in [2.45, 2.75) is 39.0 Å². The van der Waals surface area contributed by atoms with Crippen LogP contribution in [0.4, 0.5) is 11.4 Å². The summed E-state index contributed by atoms with van der Waals surface area (Å²) in [5, 5.41) is 9.35. The van der Waals surface area contributed by atoms with E-state index in [2.05, 4.69) is 11.8 Å². The third-order valence-corrected chi connectivity index (χ3v) is 4.14. The van der Waals surface area contributed by atoms with Crippen LogP contribution in [0.25, 0.3) is 0 Å². The Balaban J connectivity index is 2.17. The lowest BCUT2D eigenvalue weighted by Crippen LogP contribution is -2.26. The molecule has 20 heavy (non-hydrogen) atoms. The SMILES string of the molecule is CCCC1CCCN(c2ccc(N)cc2C(=O)O)CC1. The first kappa shape index (κ1) is 14.7. The maximum atomic E-state index is 11.4.